The molecule has 1 aromatic heterocycles. The third-order valence-corrected chi connectivity index (χ3v) is 8.03. The Bertz CT molecular complexity index is 1590. The molecule has 0 saturated heterocycles. The lowest BCUT2D eigenvalue weighted by Crippen LogP contribution is -2.28. The predicted molar refractivity (Wildman–Crippen MR) is 139 cm³/mol. The first-order valence-corrected chi connectivity index (χ1v) is 13.5. The van der Waals surface area contributed by atoms with Crippen LogP contribution in [0.1, 0.15) is 35.3 Å². The SMILES string of the molecule is CCC(C(=O)OC)n1c(=NC(=O)c2ccc(C)cc2)sc2ccc(NS(=O)(=O)c3ccccc3)cc21. The number of benzene rings is 3. The molecule has 1 amide bonds. The number of hydrogen-bond donors (Lipinski definition) is 1. The average Bonchev–Trinajstić information content (AvgIpc) is 3.22. The van der Waals surface area contributed by atoms with Gasteiger partial charge in [0.2, 0.25) is 0 Å². The number of amides is 1. The number of rotatable bonds is 7. The number of hydrogen-bond acceptors (Lipinski definition) is 6. The van der Waals surface area contributed by atoms with E-state index in [2.05, 4.69) is 9.71 Å². The normalized spacial score (nSPS) is 12.9. The summed E-state index contributed by atoms with van der Waals surface area (Å²) in [5.41, 5.74) is 2.31. The van der Waals surface area contributed by atoms with E-state index in [0.717, 1.165) is 10.3 Å². The molecule has 1 N–H and O–H groups in total. The second kappa shape index (κ2) is 10.5. The fourth-order valence-electron chi connectivity index (χ4n) is 3.74. The summed E-state index contributed by atoms with van der Waals surface area (Å²) in [6, 6.07) is 19.3. The summed E-state index contributed by atoms with van der Waals surface area (Å²) >= 11 is 1.24. The molecule has 8 nitrogen and oxygen atoms in total. The highest BCUT2D eigenvalue weighted by molar-refractivity contribution is 7.92. The van der Waals surface area contributed by atoms with Crippen LogP contribution < -0.4 is 9.52 Å². The molecular formula is C26H25N3O5S2. The zero-order valence-corrected chi connectivity index (χ0v) is 21.6. The number of sulfonamides is 1. The third kappa shape index (κ3) is 5.24. The van der Waals surface area contributed by atoms with Crippen molar-refractivity contribution in [2.75, 3.05) is 11.8 Å². The molecule has 0 spiro atoms. The van der Waals surface area contributed by atoms with Gasteiger partial charge in [0.15, 0.2) is 4.80 Å². The lowest BCUT2D eigenvalue weighted by molar-refractivity contribution is -0.144. The van der Waals surface area contributed by atoms with Crippen molar-refractivity contribution in [3.63, 3.8) is 0 Å². The van der Waals surface area contributed by atoms with Crippen LogP contribution in [0.2, 0.25) is 0 Å². The van der Waals surface area contributed by atoms with Gasteiger partial charge in [-0.25, -0.2) is 13.2 Å². The van der Waals surface area contributed by atoms with Gasteiger partial charge in [0.05, 0.1) is 27.9 Å². The molecule has 1 atom stereocenters. The summed E-state index contributed by atoms with van der Waals surface area (Å²) in [5.74, 6) is -0.934. The predicted octanol–water partition coefficient (Wildman–Crippen LogP) is 4.68. The van der Waals surface area contributed by atoms with E-state index in [-0.39, 0.29) is 4.90 Å². The van der Waals surface area contributed by atoms with Crippen LogP contribution in [-0.2, 0) is 19.6 Å². The van der Waals surface area contributed by atoms with E-state index in [1.54, 1.807) is 53.1 Å². The number of methoxy groups -OCH3 is 1. The van der Waals surface area contributed by atoms with Gasteiger partial charge in [-0.2, -0.15) is 4.99 Å². The number of ether oxygens (including phenoxy) is 1. The highest BCUT2D eigenvalue weighted by atomic mass is 32.2. The Kier molecular flexibility index (Phi) is 7.37. The maximum Gasteiger partial charge on any atom is 0.328 e. The van der Waals surface area contributed by atoms with Gasteiger partial charge in [0.1, 0.15) is 6.04 Å². The van der Waals surface area contributed by atoms with E-state index in [1.165, 1.54) is 30.6 Å². The Labute approximate surface area is 212 Å². The molecular weight excluding hydrogens is 498 g/mol. The van der Waals surface area contributed by atoms with Crippen LogP contribution in [0.15, 0.2) is 82.7 Å². The van der Waals surface area contributed by atoms with Crippen LogP contribution in [0.25, 0.3) is 10.2 Å². The number of aryl methyl sites for hydroxylation is 1. The molecule has 0 aliphatic heterocycles. The van der Waals surface area contributed by atoms with E-state index in [0.29, 0.717) is 28.0 Å². The number of aromatic nitrogens is 1. The molecule has 0 aliphatic rings. The fourth-order valence-corrected chi connectivity index (χ4v) is 5.85. The molecule has 0 bridgehead atoms. The molecule has 3 aromatic carbocycles. The maximum atomic E-state index is 12.9. The number of thiazole rings is 1. The van der Waals surface area contributed by atoms with E-state index in [9.17, 15) is 18.0 Å². The van der Waals surface area contributed by atoms with Crippen LogP contribution in [-0.4, -0.2) is 32.0 Å². The van der Waals surface area contributed by atoms with Gasteiger partial charge in [-0.3, -0.25) is 9.52 Å². The van der Waals surface area contributed by atoms with Gasteiger partial charge < -0.3 is 9.30 Å². The summed E-state index contributed by atoms with van der Waals surface area (Å²) in [6.45, 7) is 3.75. The average molecular weight is 524 g/mol. The van der Waals surface area contributed by atoms with E-state index >= 15 is 0 Å². The molecule has 10 heteroatoms. The summed E-state index contributed by atoms with van der Waals surface area (Å²) < 4.78 is 35.7. The number of nitrogens with zero attached hydrogens (tertiary/aromatic N) is 2. The number of anilines is 1. The summed E-state index contributed by atoms with van der Waals surface area (Å²) in [5, 5.41) is 0. The zero-order valence-electron chi connectivity index (χ0n) is 20.0. The second-order valence-electron chi connectivity index (χ2n) is 8.09. The van der Waals surface area contributed by atoms with Crippen molar-refractivity contribution in [2.24, 2.45) is 4.99 Å². The molecule has 1 unspecified atom stereocenters. The number of carbonyl (C=O) groups excluding carboxylic acids is 2. The monoisotopic (exact) mass is 523 g/mol. The lowest BCUT2D eigenvalue weighted by atomic mass is 10.1. The number of nitrogens with one attached hydrogen (secondary N) is 1. The first-order chi connectivity index (χ1) is 17.2. The minimum Gasteiger partial charge on any atom is -0.467 e. The van der Waals surface area contributed by atoms with Crippen molar-refractivity contribution in [2.45, 2.75) is 31.2 Å². The van der Waals surface area contributed by atoms with Gasteiger partial charge in [-0.15, -0.1) is 0 Å². The smallest absolute Gasteiger partial charge is 0.328 e. The van der Waals surface area contributed by atoms with Crippen molar-refractivity contribution in [3.8, 4) is 0 Å². The van der Waals surface area contributed by atoms with Crippen LogP contribution in [0.4, 0.5) is 5.69 Å². The lowest BCUT2D eigenvalue weighted by Gasteiger charge is -2.16. The van der Waals surface area contributed by atoms with Crippen LogP contribution in [0.5, 0.6) is 0 Å². The van der Waals surface area contributed by atoms with Crippen molar-refractivity contribution in [1.29, 1.82) is 0 Å². The quantitative estimate of drug-likeness (QED) is 0.354. The minimum absolute atomic E-state index is 0.128. The Morgan fingerprint density at radius 3 is 2.39 bits per heavy atom. The summed E-state index contributed by atoms with van der Waals surface area (Å²) in [7, 11) is -2.52. The molecule has 0 saturated carbocycles. The van der Waals surface area contributed by atoms with Gasteiger partial charge in [0, 0.05) is 5.56 Å². The highest BCUT2D eigenvalue weighted by Gasteiger charge is 2.24. The van der Waals surface area contributed by atoms with Crippen molar-refractivity contribution >= 4 is 49.1 Å². The molecule has 36 heavy (non-hydrogen) atoms. The fraction of sp³-hybridized carbons (Fsp3) is 0.192. The zero-order chi connectivity index (χ0) is 25.9. The summed E-state index contributed by atoms with van der Waals surface area (Å²) in [6.07, 6.45) is 0.379. The van der Waals surface area contributed by atoms with Gasteiger partial charge >= 0.3 is 5.97 Å². The van der Waals surface area contributed by atoms with E-state index in [4.69, 9.17) is 4.74 Å². The van der Waals surface area contributed by atoms with Crippen LogP contribution in [0.3, 0.4) is 0 Å². The molecule has 1 heterocycles. The van der Waals surface area contributed by atoms with Crippen molar-refractivity contribution in [1.82, 2.24) is 4.57 Å². The van der Waals surface area contributed by atoms with Crippen molar-refractivity contribution < 1.29 is 22.7 Å². The van der Waals surface area contributed by atoms with Gasteiger partial charge in [0.25, 0.3) is 15.9 Å². The summed E-state index contributed by atoms with van der Waals surface area (Å²) in [4.78, 5) is 30.4. The minimum atomic E-state index is -3.82. The molecule has 4 rings (SSSR count). The molecule has 4 aromatic rings. The Balaban J connectivity index is 1.85. The first kappa shape index (κ1) is 25.3. The van der Waals surface area contributed by atoms with Gasteiger partial charge in [-0.1, -0.05) is 54.2 Å². The van der Waals surface area contributed by atoms with Crippen molar-refractivity contribution in [3.05, 3.63) is 88.7 Å². The number of esters is 1. The molecule has 0 fully saturated rings. The first-order valence-electron chi connectivity index (χ1n) is 11.2. The molecule has 0 aliphatic carbocycles. The maximum absolute atomic E-state index is 12.9. The Hall–Kier alpha value is -3.76. The topological polar surface area (TPSA) is 107 Å². The van der Waals surface area contributed by atoms with Crippen LogP contribution in [0, 0.1) is 6.92 Å². The van der Waals surface area contributed by atoms with Crippen LogP contribution >= 0.6 is 11.3 Å². The number of carbonyl (C=O) groups is 2. The van der Waals surface area contributed by atoms with E-state index < -0.39 is 27.9 Å². The standard InChI is InChI=1S/C26H25N3O5S2/c1-4-21(25(31)34-3)29-22-16-19(28-36(32,33)20-8-6-5-7-9-20)14-15-23(22)35-26(29)27-24(30)18-12-10-17(2)11-13-18/h5-16,21,28H,4H2,1-3H3. The number of fused-ring (bicyclic) bond motifs is 1. The largest absolute Gasteiger partial charge is 0.467 e. The third-order valence-electron chi connectivity index (χ3n) is 5.60. The molecule has 0 radical (unpaired) electrons. The highest BCUT2D eigenvalue weighted by Crippen LogP contribution is 2.27. The van der Waals surface area contributed by atoms with E-state index in [1.807, 2.05) is 26.0 Å². The molecule has 186 valence electrons. The Morgan fingerprint density at radius 2 is 1.75 bits per heavy atom. The van der Waals surface area contributed by atoms with Gasteiger partial charge in [-0.05, 0) is 55.8 Å². The Morgan fingerprint density at radius 1 is 1.06 bits per heavy atom. The second-order valence-corrected chi connectivity index (χ2v) is 10.8.